The number of methoxy groups -OCH3 is 1. The highest BCUT2D eigenvalue weighted by Crippen LogP contribution is 2.46. The third kappa shape index (κ3) is 2.57. The van der Waals surface area contributed by atoms with Gasteiger partial charge in [0.1, 0.15) is 0 Å². The van der Waals surface area contributed by atoms with Crippen LogP contribution < -0.4 is 0 Å². The molecule has 1 atom stereocenters. The molecule has 0 aliphatic carbocycles. The first-order valence-electron chi connectivity index (χ1n) is 7.82. The highest BCUT2D eigenvalue weighted by atomic mass is 16.5. The Morgan fingerprint density at radius 2 is 1.57 bits per heavy atom. The molecule has 0 amide bonds. The lowest BCUT2D eigenvalue weighted by Gasteiger charge is -2.33. The molecule has 0 spiro atoms. The molecule has 0 saturated carbocycles. The van der Waals surface area contributed by atoms with E-state index in [0.717, 1.165) is 17.5 Å². The fourth-order valence-corrected chi connectivity index (χ4v) is 3.11. The molecule has 0 aromatic heterocycles. The summed E-state index contributed by atoms with van der Waals surface area (Å²) in [4.78, 5) is 12.5. The first kappa shape index (κ1) is 15.5. The van der Waals surface area contributed by atoms with Crippen LogP contribution in [0.15, 0.2) is 72.3 Å². The number of hydrogen-bond acceptors (Lipinski definition) is 3. The Hall–Kier alpha value is -2.39. The summed E-state index contributed by atoms with van der Waals surface area (Å²) in [6.45, 7) is 2.04. The third-order valence-corrected chi connectivity index (χ3v) is 4.23. The van der Waals surface area contributed by atoms with Crippen LogP contribution in [0.4, 0.5) is 0 Å². The lowest BCUT2D eigenvalue weighted by molar-refractivity contribution is -0.138. The van der Waals surface area contributed by atoms with E-state index in [4.69, 9.17) is 9.47 Å². The van der Waals surface area contributed by atoms with Crippen LogP contribution >= 0.6 is 0 Å². The summed E-state index contributed by atoms with van der Waals surface area (Å²) in [5, 5.41) is 0. The summed E-state index contributed by atoms with van der Waals surface area (Å²) in [6, 6.07) is 19.7. The average molecular weight is 308 g/mol. The van der Waals surface area contributed by atoms with Gasteiger partial charge in [0.2, 0.25) is 0 Å². The fraction of sp³-hybridized carbons (Fsp3) is 0.250. The van der Waals surface area contributed by atoms with Gasteiger partial charge >= 0.3 is 5.97 Å². The molecule has 2 aromatic rings. The standard InChI is InChI=1S/C20H20O3/c1-3-17-14-18(19(21)22-2)20(23-17,15-10-6-4-7-11-15)16-12-8-5-9-13-16/h4-14,17H,3H2,1-2H3. The molecule has 0 saturated heterocycles. The van der Waals surface area contributed by atoms with Crippen LogP contribution in [0, 0.1) is 0 Å². The van der Waals surface area contributed by atoms with E-state index in [0.29, 0.717) is 5.57 Å². The Kier molecular flexibility index (Phi) is 4.30. The second kappa shape index (κ2) is 6.39. The maximum absolute atomic E-state index is 12.5. The number of ether oxygens (including phenoxy) is 2. The van der Waals surface area contributed by atoms with Crippen molar-refractivity contribution in [3.05, 3.63) is 83.4 Å². The second-order valence-electron chi connectivity index (χ2n) is 5.55. The predicted octanol–water partition coefficient (Wildman–Crippen LogP) is 3.84. The number of hydrogen-bond donors (Lipinski definition) is 0. The van der Waals surface area contributed by atoms with Crippen molar-refractivity contribution in [1.29, 1.82) is 0 Å². The van der Waals surface area contributed by atoms with Crippen molar-refractivity contribution in [2.75, 3.05) is 7.11 Å². The number of benzene rings is 2. The Morgan fingerprint density at radius 1 is 1.04 bits per heavy atom. The van der Waals surface area contributed by atoms with E-state index >= 15 is 0 Å². The quantitative estimate of drug-likeness (QED) is 0.805. The van der Waals surface area contributed by atoms with Crippen molar-refractivity contribution in [1.82, 2.24) is 0 Å². The predicted molar refractivity (Wildman–Crippen MR) is 88.9 cm³/mol. The molecule has 0 bridgehead atoms. The van der Waals surface area contributed by atoms with Crippen molar-refractivity contribution in [3.8, 4) is 0 Å². The summed E-state index contributed by atoms with van der Waals surface area (Å²) < 4.78 is 11.5. The van der Waals surface area contributed by atoms with Gasteiger partial charge in [-0.3, -0.25) is 0 Å². The largest absolute Gasteiger partial charge is 0.466 e. The molecular weight excluding hydrogens is 288 g/mol. The number of carbonyl (C=O) groups excluding carboxylic acids is 1. The van der Waals surface area contributed by atoms with Crippen LogP contribution in [0.5, 0.6) is 0 Å². The molecule has 1 heterocycles. The number of rotatable bonds is 4. The lowest BCUT2D eigenvalue weighted by atomic mass is 9.80. The Labute approximate surface area is 136 Å². The topological polar surface area (TPSA) is 35.5 Å². The van der Waals surface area contributed by atoms with E-state index in [1.165, 1.54) is 7.11 Å². The normalized spacial score (nSPS) is 19.2. The maximum atomic E-state index is 12.5. The highest BCUT2D eigenvalue weighted by molar-refractivity contribution is 5.93. The van der Waals surface area contributed by atoms with Crippen molar-refractivity contribution < 1.29 is 14.3 Å². The van der Waals surface area contributed by atoms with Gasteiger partial charge in [0.05, 0.1) is 18.8 Å². The molecule has 0 N–H and O–H groups in total. The summed E-state index contributed by atoms with van der Waals surface area (Å²) in [7, 11) is 1.41. The zero-order valence-electron chi connectivity index (χ0n) is 13.4. The third-order valence-electron chi connectivity index (χ3n) is 4.23. The molecule has 1 aliphatic heterocycles. The molecule has 3 heteroatoms. The smallest absolute Gasteiger partial charge is 0.337 e. The van der Waals surface area contributed by atoms with Crippen molar-refractivity contribution in [3.63, 3.8) is 0 Å². The summed E-state index contributed by atoms with van der Waals surface area (Å²) >= 11 is 0. The number of carbonyl (C=O) groups is 1. The molecular formula is C20H20O3. The second-order valence-corrected chi connectivity index (χ2v) is 5.55. The molecule has 118 valence electrons. The van der Waals surface area contributed by atoms with Gasteiger partial charge in [-0.1, -0.05) is 67.6 Å². The van der Waals surface area contributed by atoms with Gasteiger partial charge in [-0.05, 0) is 23.6 Å². The van der Waals surface area contributed by atoms with Crippen molar-refractivity contribution in [2.45, 2.75) is 25.0 Å². The van der Waals surface area contributed by atoms with Crippen LogP contribution in [0.3, 0.4) is 0 Å². The molecule has 2 aromatic carbocycles. The Balaban J connectivity index is 2.24. The number of esters is 1. The SMILES string of the molecule is CCC1C=C(C(=O)OC)C(c2ccccc2)(c2ccccc2)O1. The van der Waals surface area contributed by atoms with E-state index in [9.17, 15) is 4.79 Å². The summed E-state index contributed by atoms with van der Waals surface area (Å²) in [6.07, 6.45) is 2.57. The maximum Gasteiger partial charge on any atom is 0.337 e. The zero-order chi connectivity index (χ0) is 16.3. The highest BCUT2D eigenvalue weighted by Gasteiger charge is 2.48. The van der Waals surface area contributed by atoms with Gasteiger partial charge in [-0.15, -0.1) is 0 Å². The monoisotopic (exact) mass is 308 g/mol. The minimum atomic E-state index is -0.920. The molecule has 0 fully saturated rings. The van der Waals surface area contributed by atoms with Crippen molar-refractivity contribution in [2.24, 2.45) is 0 Å². The minimum Gasteiger partial charge on any atom is -0.466 e. The Morgan fingerprint density at radius 3 is 2.00 bits per heavy atom. The van der Waals surface area contributed by atoms with Gasteiger partial charge in [0, 0.05) is 0 Å². The fourth-order valence-electron chi connectivity index (χ4n) is 3.11. The molecule has 23 heavy (non-hydrogen) atoms. The molecule has 1 aliphatic rings. The molecule has 0 radical (unpaired) electrons. The van der Waals surface area contributed by atoms with Gasteiger partial charge in [-0.2, -0.15) is 0 Å². The van der Waals surface area contributed by atoms with E-state index in [2.05, 4.69) is 0 Å². The average Bonchev–Trinajstić information content (AvgIpc) is 3.03. The summed E-state index contributed by atoms with van der Waals surface area (Å²) in [5.41, 5.74) is 1.48. The minimum absolute atomic E-state index is 0.121. The van der Waals surface area contributed by atoms with Crippen LogP contribution in [0.25, 0.3) is 0 Å². The van der Waals surface area contributed by atoms with Crippen molar-refractivity contribution >= 4 is 5.97 Å². The van der Waals surface area contributed by atoms with Gasteiger partial charge in [-0.25, -0.2) is 4.79 Å². The van der Waals surface area contributed by atoms with Crippen LogP contribution in [-0.2, 0) is 19.9 Å². The Bertz CT molecular complexity index is 665. The molecule has 3 rings (SSSR count). The van der Waals surface area contributed by atoms with Crippen LogP contribution in [0.2, 0.25) is 0 Å². The van der Waals surface area contributed by atoms with E-state index < -0.39 is 5.60 Å². The molecule has 3 nitrogen and oxygen atoms in total. The zero-order valence-corrected chi connectivity index (χ0v) is 13.4. The first-order chi connectivity index (χ1) is 11.2. The summed E-state index contributed by atoms with van der Waals surface area (Å²) in [5.74, 6) is -0.353. The van der Waals surface area contributed by atoms with Gasteiger partial charge in [0.25, 0.3) is 0 Å². The van der Waals surface area contributed by atoms with Crippen LogP contribution in [-0.4, -0.2) is 19.2 Å². The molecule has 1 unspecified atom stereocenters. The van der Waals surface area contributed by atoms with E-state index in [1.54, 1.807) is 0 Å². The first-order valence-corrected chi connectivity index (χ1v) is 7.82. The lowest BCUT2D eigenvalue weighted by Crippen LogP contribution is -2.34. The van der Waals surface area contributed by atoms with Gasteiger partial charge < -0.3 is 9.47 Å². The van der Waals surface area contributed by atoms with E-state index in [-0.39, 0.29) is 12.1 Å². The van der Waals surface area contributed by atoms with Crippen LogP contribution in [0.1, 0.15) is 24.5 Å². The van der Waals surface area contributed by atoms with Gasteiger partial charge in [0.15, 0.2) is 5.60 Å². The van der Waals surface area contributed by atoms with E-state index in [1.807, 2.05) is 73.7 Å².